The van der Waals surface area contributed by atoms with Crippen molar-refractivity contribution in [3.8, 4) is 5.75 Å². The summed E-state index contributed by atoms with van der Waals surface area (Å²) >= 11 is 5.80. The molecule has 2 rings (SSSR count). The third-order valence-corrected chi connectivity index (χ3v) is 3.11. The maximum Gasteiger partial charge on any atom is 0.115 e. The Hall–Kier alpha value is -1.55. The van der Waals surface area contributed by atoms with E-state index in [0.29, 0.717) is 18.1 Å². The largest absolute Gasteiger partial charge is 0.508 e. The lowest BCUT2D eigenvalue weighted by Crippen LogP contribution is -2.20. The number of phenolic OH excluding ortho intramolecular Hbond substituents is 1. The monoisotopic (exact) mass is 277 g/mol. The normalized spacial score (nSPS) is 12.3. The van der Waals surface area contributed by atoms with Crippen LogP contribution >= 0.6 is 11.6 Å². The van der Waals surface area contributed by atoms with E-state index in [4.69, 9.17) is 11.6 Å². The fraction of sp³-hybridized carbons (Fsp3) is 0.200. The first-order valence-electron chi connectivity index (χ1n) is 6.07. The molecule has 0 aliphatic rings. The summed E-state index contributed by atoms with van der Waals surface area (Å²) in [4.78, 5) is 0. The highest BCUT2D eigenvalue weighted by Crippen LogP contribution is 2.16. The van der Waals surface area contributed by atoms with Crippen molar-refractivity contribution in [1.29, 1.82) is 0 Å². The molecular formula is C15H16ClNO2. The minimum absolute atomic E-state index is 0.255. The molecule has 0 bridgehead atoms. The first-order chi connectivity index (χ1) is 9.15. The zero-order chi connectivity index (χ0) is 13.7. The molecule has 2 aromatic carbocycles. The van der Waals surface area contributed by atoms with Gasteiger partial charge in [-0.1, -0.05) is 35.9 Å². The van der Waals surface area contributed by atoms with Gasteiger partial charge in [0.25, 0.3) is 0 Å². The van der Waals surface area contributed by atoms with Gasteiger partial charge in [-0.2, -0.15) is 0 Å². The van der Waals surface area contributed by atoms with E-state index >= 15 is 0 Å². The Balaban J connectivity index is 1.82. The molecule has 1 atom stereocenters. The van der Waals surface area contributed by atoms with Crippen LogP contribution in [0.3, 0.4) is 0 Å². The molecule has 0 heterocycles. The van der Waals surface area contributed by atoms with Crippen molar-refractivity contribution in [1.82, 2.24) is 5.32 Å². The van der Waals surface area contributed by atoms with Crippen molar-refractivity contribution >= 4 is 11.6 Å². The molecule has 2 aromatic rings. The average Bonchev–Trinajstić information content (AvgIpc) is 2.41. The van der Waals surface area contributed by atoms with Gasteiger partial charge in [0.1, 0.15) is 5.75 Å². The SMILES string of the molecule is Oc1ccc(CNCC(O)c2ccc(Cl)cc2)cc1. The van der Waals surface area contributed by atoms with Crippen LogP contribution in [0.1, 0.15) is 17.2 Å². The van der Waals surface area contributed by atoms with Crippen molar-refractivity contribution in [2.45, 2.75) is 12.6 Å². The summed E-state index contributed by atoms with van der Waals surface area (Å²) < 4.78 is 0. The number of aliphatic hydroxyl groups is 1. The summed E-state index contributed by atoms with van der Waals surface area (Å²) in [5, 5.41) is 23.0. The number of hydrogen-bond donors (Lipinski definition) is 3. The standard InChI is InChI=1S/C15H16ClNO2/c16-13-5-3-12(4-6-13)15(19)10-17-9-11-1-7-14(18)8-2-11/h1-8,15,17-19H,9-10H2. The molecule has 0 saturated carbocycles. The predicted molar refractivity (Wildman–Crippen MR) is 76.2 cm³/mol. The van der Waals surface area contributed by atoms with Crippen LogP contribution in [0, 0.1) is 0 Å². The fourth-order valence-corrected chi connectivity index (χ4v) is 1.90. The second-order valence-corrected chi connectivity index (χ2v) is 4.80. The lowest BCUT2D eigenvalue weighted by molar-refractivity contribution is 0.174. The number of aliphatic hydroxyl groups excluding tert-OH is 1. The van der Waals surface area contributed by atoms with Crippen LogP contribution in [0.4, 0.5) is 0 Å². The Morgan fingerprint density at radius 2 is 1.63 bits per heavy atom. The topological polar surface area (TPSA) is 52.5 Å². The summed E-state index contributed by atoms with van der Waals surface area (Å²) in [7, 11) is 0. The Morgan fingerprint density at radius 3 is 2.26 bits per heavy atom. The van der Waals surface area contributed by atoms with Crippen LogP contribution in [0.2, 0.25) is 5.02 Å². The number of nitrogens with one attached hydrogen (secondary N) is 1. The zero-order valence-electron chi connectivity index (χ0n) is 10.4. The molecule has 3 nitrogen and oxygen atoms in total. The van der Waals surface area contributed by atoms with Gasteiger partial charge >= 0.3 is 0 Å². The molecular weight excluding hydrogens is 262 g/mol. The lowest BCUT2D eigenvalue weighted by Gasteiger charge is -2.12. The molecule has 0 fully saturated rings. The van der Waals surface area contributed by atoms with E-state index in [9.17, 15) is 10.2 Å². The van der Waals surface area contributed by atoms with Crippen molar-refractivity contribution in [3.05, 3.63) is 64.7 Å². The van der Waals surface area contributed by atoms with E-state index in [1.165, 1.54) is 0 Å². The summed E-state index contributed by atoms with van der Waals surface area (Å²) in [6.45, 7) is 1.10. The summed E-state index contributed by atoms with van der Waals surface area (Å²) in [6.07, 6.45) is -0.561. The van der Waals surface area contributed by atoms with E-state index in [2.05, 4.69) is 5.32 Å². The van der Waals surface area contributed by atoms with Crippen LogP contribution in [-0.2, 0) is 6.54 Å². The van der Waals surface area contributed by atoms with E-state index < -0.39 is 6.10 Å². The van der Waals surface area contributed by atoms with Gasteiger partial charge in [-0.3, -0.25) is 0 Å². The Kier molecular flexibility index (Phi) is 4.80. The number of aromatic hydroxyl groups is 1. The molecule has 0 saturated heterocycles. The van der Waals surface area contributed by atoms with Crippen LogP contribution in [0.15, 0.2) is 48.5 Å². The van der Waals surface area contributed by atoms with E-state index in [1.807, 2.05) is 24.3 Å². The Bertz CT molecular complexity index is 511. The van der Waals surface area contributed by atoms with Gasteiger partial charge in [0.15, 0.2) is 0 Å². The molecule has 19 heavy (non-hydrogen) atoms. The van der Waals surface area contributed by atoms with Crippen molar-refractivity contribution < 1.29 is 10.2 Å². The number of rotatable bonds is 5. The maximum absolute atomic E-state index is 9.99. The number of hydrogen-bond acceptors (Lipinski definition) is 3. The van der Waals surface area contributed by atoms with E-state index in [-0.39, 0.29) is 5.75 Å². The molecule has 0 aromatic heterocycles. The molecule has 4 heteroatoms. The van der Waals surface area contributed by atoms with Gasteiger partial charge < -0.3 is 15.5 Å². The molecule has 0 radical (unpaired) electrons. The highest BCUT2D eigenvalue weighted by molar-refractivity contribution is 6.30. The van der Waals surface area contributed by atoms with Gasteiger partial charge in [-0.25, -0.2) is 0 Å². The molecule has 0 amide bonds. The summed E-state index contributed by atoms with van der Waals surface area (Å²) in [6, 6.07) is 14.1. The molecule has 0 aliphatic carbocycles. The highest BCUT2D eigenvalue weighted by atomic mass is 35.5. The first kappa shape index (κ1) is 13.9. The minimum atomic E-state index is -0.561. The first-order valence-corrected chi connectivity index (χ1v) is 6.45. The van der Waals surface area contributed by atoms with Crippen LogP contribution in [0.25, 0.3) is 0 Å². The van der Waals surface area contributed by atoms with Crippen LogP contribution in [0.5, 0.6) is 5.75 Å². The molecule has 100 valence electrons. The molecule has 0 aliphatic heterocycles. The maximum atomic E-state index is 9.99. The summed E-state index contributed by atoms with van der Waals surface area (Å²) in [5.41, 5.74) is 1.89. The number of halogens is 1. The van der Waals surface area contributed by atoms with Gasteiger partial charge in [0.2, 0.25) is 0 Å². The Labute approximate surface area is 117 Å². The van der Waals surface area contributed by atoms with Gasteiger partial charge in [-0.15, -0.1) is 0 Å². The van der Waals surface area contributed by atoms with Gasteiger partial charge in [0, 0.05) is 18.1 Å². The smallest absolute Gasteiger partial charge is 0.115 e. The van der Waals surface area contributed by atoms with Gasteiger partial charge in [-0.05, 0) is 35.4 Å². The number of phenols is 1. The van der Waals surface area contributed by atoms with Crippen molar-refractivity contribution in [2.75, 3.05) is 6.54 Å². The predicted octanol–water partition coefficient (Wildman–Crippen LogP) is 2.87. The van der Waals surface area contributed by atoms with Crippen LogP contribution < -0.4 is 5.32 Å². The zero-order valence-corrected chi connectivity index (χ0v) is 11.1. The molecule has 3 N–H and O–H groups in total. The third kappa shape index (κ3) is 4.24. The second-order valence-electron chi connectivity index (χ2n) is 4.36. The number of benzene rings is 2. The quantitative estimate of drug-likeness (QED) is 0.788. The van der Waals surface area contributed by atoms with Crippen molar-refractivity contribution in [3.63, 3.8) is 0 Å². The fourth-order valence-electron chi connectivity index (χ4n) is 1.77. The molecule has 0 spiro atoms. The van der Waals surface area contributed by atoms with E-state index in [1.54, 1.807) is 24.3 Å². The summed E-state index contributed by atoms with van der Waals surface area (Å²) in [5.74, 6) is 0.255. The minimum Gasteiger partial charge on any atom is -0.508 e. The third-order valence-electron chi connectivity index (χ3n) is 2.86. The van der Waals surface area contributed by atoms with Crippen molar-refractivity contribution in [2.24, 2.45) is 0 Å². The lowest BCUT2D eigenvalue weighted by atomic mass is 10.1. The van der Waals surface area contributed by atoms with Gasteiger partial charge in [0.05, 0.1) is 6.10 Å². The second kappa shape index (κ2) is 6.57. The Morgan fingerprint density at radius 1 is 1.00 bits per heavy atom. The van der Waals surface area contributed by atoms with E-state index in [0.717, 1.165) is 11.1 Å². The highest BCUT2D eigenvalue weighted by Gasteiger charge is 2.06. The van der Waals surface area contributed by atoms with Crippen LogP contribution in [-0.4, -0.2) is 16.8 Å². The average molecular weight is 278 g/mol. The molecule has 1 unspecified atom stereocenters.